The minimum Gasteiger partial charge on any atom is -0.458 e. The summed E-state index contributed by atoms with van der Waals surface area (Å²) in [5.74, 6) is -0.509. The van der Waals surface area contributed by atoms with Crippen LogP contribution in [0.15, 0.2) is 33.1 Å². The smallest absolute Gasteiger partial charge is 0.408 e. The molecule has 29 heavy (non-hydrogen) atoms. The standard InChI is InChI=1S/C20H31BrN2O5S/c1-19(2,3)27-17(24)16(22-18(25)28-20(4,5)6)12-13-29(7,26)23-15-10-8-14(21)9-11-15/h8-11,16H,12-13H2,1-7H3,(H,22,25)/t16-,29?/m0/s1. The Labute approximate surface area is 182 Å². The van der Waals surface area contributed by atoms with E-state index in [1.165, 1.54) is 6.26 Å². The maximum atomic E-state index is 12.9. The van der Waals surface area contributed by atoms with Crippen LogP contribution in [0.25, 0.3) is 0 Å². The summed E-state index contributed by atoms with van der Waals surface area (Å²) >= 11 is 3.34. The van der Waals surface area contributed by atoms with Crippen molar-refractivity contribution < 1.29 is 23.3 Å². The predicted molar refractivity (Wildman–Crippen MR) is 119 cm³/mol. The fourth-order valence-electron chi connectivity index (χ4n) is 2.18. The number of carbonyl (C=O) groups excluding carboxylic acids is 2. The number of hydrogen-bond donors (Lipinski definition) is 1. The van der Waals surface area contributed by atoms with Gasteiger partial charge in [-0.05, 0) is 72.2 Å². The molecule has 1 aromatic carbocycles. The van der Waals surface area contributed by atoms with Gasteiger partial charge in [0.2, 0.25) is 0 Å². The monoisotopic (exact) mass is 490 g/mol. The number of halogens is 1. The second-order valence-corrected chi connectivity index (χ2v) is 12.2. The molecule has 0 saturated heterocycles. The van der Waals surface area contributed by atoms with Gasteiger partial charge in [0.15, 0.2) is 0 Å². The highest BCUT2D eigenvalue weighted by Gasteiger charge is 2.29. The van der Waals surface area contributed by atoms with E-state index in [0.717, 1.165) is 4.47 Å². The molecule has 1 rings (SSSR count). The number of rotatable bonds is 6. The molecule has 0 radical (unpaired) electrons. The Bertz CT molecular complexity index is 832. The molecule has 9 heteroatoms. The average molecular weight is 491 g/mol. The SMILES string of the molecule is CC(C)(C)OC(=O)N[C@@H](CCS(C)(=O)=Nc1ccc(Br)cc1)C(=O)OC(C)(C)C. The van der Waals surface area contributed by atoms with Crippen LogP contribution in [-0.4, -0.2) is 45.5 Å². The van der Waals surface area contributed by atoms with Crippen LogP contribution in [0.3, 0.4) is 0 Å². The quantitative estimate of drug-likeness (QED) is 0.577. The number of amides is 1. The van der Waals surface area contributed by atoms with Crippen molar-refractivity contribution in [2.45, 2.75) is 65.2 Å². The first-order valence-electron chi connectivity index (χ1n) is 9.24. The van der Waals surface area contributed by atoms with Gasteiger partial charge in [0.1, 0.15) is 17.2 Å². The Morgan fingerprint density at radius 2 is 1.59 bits per heavy atom. The van der Waals surface area contributed by atoms with Crippen LogP contribution in [0.4, 0.5) is 10.5 Å². The molecule has 0 spiro atoms. The van der Waals surface area contributed by atoms with Crippen LogP contribution >= 0.6 is 15.9 Å². The van der Waals surface area contributed by atoms with Crippen LogP contribution in [0.5, 0.6) is 0 Å². The average Bonchev–Trinajstić information content (AvgIpc) is 2.50. The lowest BCUT2D eigenvalue weighted by Crippen LogP contribution is -2.46. The van der Waals surface area contributed by atoms with E-state index in [9.17, 15) is 13.8 Å². The summed E-state index contributed by atoms with van der Waals surface area (Å²) in [7, 11) is -2.63. The molecular weight excluding hydrogens is 460 g/mol. The maximum absolute atomic E-state index is 12.9. The van der Waals surface area contributed by atoms with Gasteiger partial charge in [0.25, 0.3) is 0 Å². The molecule has 1 N–H and O–H groups in total. The van der Waals surface area contributed by atoms with E-state index in [-0.39, 0.29) is 12.2 Å². The van der Waals surface area contributed by atoms with E-state index < -0.39 is 39.0 Å². The van der Waals surface area contributed by atoms with Crippen molar-refractivity contribution in [2.75, 3.05) is 12.0 Å². The number of alkyl carbamates (subject to hydrolysis) is 1. The number of carbonyl (C=O) groups is 2. The number of esters is 1. The van der Waals surface area contributed by atoms with Crippen molar-refractivity contribution in [2.24, 2.45) is 4.36 Å². The number of nitrogens with one attached hydrogen (secondary N) is 1. The van der Waals surface area contributed by atoms with Crippen LogP contribution in [0, 0.1) is 0 Å². The van der Waals surface area contributed by atoms with E-state index in [0.29, 0.717) is 5.69 Å². The van der Waals surface area contributed by atoms with Gasteiger partial charge in [-0.1, -0.05) is 15.9 Å². The van der Waals surface area contributed by atoms with Crippen molar-refractivity contribution in [3.05, 3.63) is 28.7 Å². The van der Waals surface area contributed by atoms with Crippen molar-refractivity contribution in [3.63, 3.8) is 0 Å². The predicted octanol–water partition coefficient (Wildman–Crippen LogP) is 4.80. The first kappa shape index (κ1) is 25.4. The topological polar surface area (TPSA) is 94.1 Å². The molecule has 2 atom stereocenters. The summed E-state index contributed by atoms with van der Waals surface area (Å²) in [5.41, 5.74) is -0.854. The highest BCUT2D eigenvalue weighted by atomic mass is 79.9. The lowest BCUT2D eigenvalue weighted by molar-refractivity contribution is -0.157. The Hall–Kier alpha value is -1.61. The van der Waals surface area contributed by atoms with Crippen molar-refractivity contribution in [1.29, 1.82) is 0 Å². The maximum Gasteiger partial charge on any atom is 0.408 e. The third kappa shape index (κ3) is 11.2. The molecule has 1 aromatic rings. The van der Waals surface area contributed by atoms with E-state index >= 15 is 0 Å². The summed E-state index contributed by atoms with van der Waals surface area (Å²) in [6.07, 6.45) is 0.888. The minimum absolute atomic E-state index is 0.1000. The summed E-state index contributed by atoms with van der Waals surface area (Å²) in [6.45, 7) is 10.4. The van der Waals surface area contributed by atoms with Gasteiger partial charge < -0.3 is 14.8 Å². The molecule has 0 aliphatic carbocycles. The number of benzene rings is 1. The molecule has 0 aromatic heterocycles. The third-order valence-corrected chi connectivity index (χ3v) is 5.41. The zero-order chi connectivity index (χ0) is 22.5. The first-order chi connectivity index (χ1) is 13.1. The zero-order valence-corrected chi connectivity index (χ0v) is 20.5. The highest BCUT2D eigenvalue weighted by molar-refractivity contribution is 9.10. The van der Waals surface area contributed by atoms with Crippen LogP contribution < -0.4 is 5.32 Å². The number of hydrogen-bond acceptors (Lipinski definition) is 6. The minimum atomic E-state index is -2.63. The second-order valence-electron chi connectivity index (χ2n) is 8.75. The molecule has 0 heterocycles. The van der Waals surface area contributed by atoms with E-state index in [2.05, 4.69) is 25.6 Å². The van der Waals surface area contributed by atoms with Crippen molar-refractivity contribution in [3.8, 4) is 0 Å². The fraction of sp³-hybridized carbons (Fsp3) is 0.600. The molecular formula is C20H31BrN2O5S. The van der Waals surface area contributed by atoms with Gasteiger partial charge in [0, 0.05) is 26.2 Å². The second kappa shape index (κ2) is 9.93. The normalized spacial score (nSPS) is 15.0. The molecule has 1 amide bonds. The molecule has 0 saturated carbocycles. The zero-order valence-electron chi connectivity index (χ0n) is 18.1. The molecule has 7 nitrogen and oxygen atoms in total. The number of nitrogens with zero attached hydrogens (tertiary/aromatic N) is 1. The van der Waals surface area contributed by atoms with Gasteiger partial charge in [-0.2, -0.15) is 4.36 Å². The Kier molecular flexibility index (Phi) is 8.71. The van der Waals surface area contributed by atoms with Crippen LogP contribution in [0.1, 0.15) is 48.0 Å². The van der Waals surface area contributed by atoms with Gasteiger partial charge in [-0.25, -0.2) is 13.8 Å². The van der Waals surface area contributed by atoms with Crippen LogP contribution in [-0.2, 0) is 24.0 Å². The summed E-state index contributed by atoms with van der Waals surface area (Å²) < 4.78 is 28.7. The highest BCUT2D eigenvalue weighted by Crippen LogP contribution is 2.19. The van der Waals surface area contributed by atoms with E-state index in [4.69, 9.17) is 9.47 Å². The Morgan fingerprint density at radius 1 is 1.07 bits per heavy atom. The molecule has 0 bridgehead atoms. The van der Waals surface area contributed by atoms with E-state index in [1.807, 2.05) is 12.1 Å². The lowest BCUT2D eigenvalue weighted by Gasteiger charge is -2.26. The summed E-state index contributed by atoms with van der Waals surface area (Å²) in [5, 5.41) is 2.53. The Balaban J connectivity index is 2.94. The summed E-state index contributed by atoms with van der Waals surface area (Å²) in [6, 6.07) is 6.11. The number of ether oxygens (including phenoxy) is 2. The van der Waals surface area contributed by atoms with Gasteiger partial charge in [0.05, 0.1) is 5.69 Å². The van der Waals surface area contributed by atoms with Crippen molar-refractivity contribution >= 4 is 43.4 Å². The molecule has 0 fully saturated rings. The first-order valence-corrected chi connectivity index (χ1v) is 12.1. The van der Waals surface area contributed by atoms with Gasteiger partial charge in [-0.3, -0.25) is 0 Å². The molecule has 0 aliphatic heterocycles. The van der Waals surface area contributed by atoms with Crippen LogP contribution in [0.2, 0.25) is 0 Å². The summed E-state index contributed by atoms with van der Waals surface area (Å²) in [4.78, 5) is 24.7. The Morgan fingerprint density at radius 3 is 2.07 bits per heavy atom. The lowest BCUT2D eigenvalue weighted by atomic mass is 10.1. The third-order valence-electron chi connectivity index (χ3n) is 3.29. The largest absolute Gasteiger partial charge is 0.458 e. The molecule has 164 valence electrons. The van der Waals surface area contributed by atoms with Gasteiger partial charge >= 0.3 is 12.1 Å². The molecule has 0 aliphatic rings. The van der Waals surface area contributed by atoms with E-state index in [1.54, 1.807) is 53.7 Å². The van der Waals surface area contributed by atoms with Gasteiger partial charge in [-0.15, -0.1) is 0 Å². The fourth-order valence-corrected chi connectivity index (χ4v) is 3.78. The molecule has 1 unspecified atom stereocenters. The van der Waals surface area contributed by atoms with Crippen molar-refractivity contribution in [1.82, 2.24) is 5.32 Å².